The Morgan fingerprint density at radius 3 is 2.78 bits per heavy atom. The summed E-state index contributed by atoms with van der Waals surface area (Å²) in [7, 11) is 0. The van der Waals surface area contributed by atoms with Crippen LogP contribution in [0.25, 0.3) is 0 Å². The van der Waals surface area contributed by atoms with E-state index in [1.165, 1.54) is 11.8 Å². The molecule has 1 aromatic heterocycles. The summed E-state index contributed by atoms with van der Waals surface area (Å²) in [6.45, 7) is 3.86. The van der Waals surface area contributed by atoms with E-state index in [-0.39, 0.29) is 23.7 Å². The zero-order valence-corrected chi connectivity index (χ0v) is 19.1. The maximum atomic E-state index is 13.0. The predicted molar refractivity (Wildman–Crippen MR) is 126 cm³/mol. The Balaban J connectivity index is 1.58. The summed E-state index contributed by atoms with van der Waals surface area (Å²) in [6.07, 6.45) is -0.122. The Morgan fingerprint density at radius 2 is 2.03 bits per heavy atom. The third-order valence-electron chi connectivity index (χ3n) is 5.15. The molecule has 0 fully saturated rings. The summed E-state index contributed by atoms with van der Waals surface area (Å²) in [5.74, 6) is -1.05. The molecule has 2 heterocycles. The van der Waals surface area contributed by atoms with Crippen molar-refractivity contribution in [3.63, 3.8) is 0 Å². The number of H-pyrrole nitrogens is 1. The highest BCUT2D eigenvalue weighted by Crippen LogP contribution is 2.31. The molecular weight excluding hydrogens is 448 g/mol. The fourth-order valence-corrected chi connectivity index (χ4v) is 4.61. The third-order valence-corrected chi connectivity index (χ3v) is 6.33. The van der Waals surface area contributed by atoms with Gasteiger partial charge >= 0.3 is 0 Å². The molecule has 0 saturated heterocycles. The molecule has 9 heteroatoms. The monoisotopic (exact) mass is 468 g/mol. The molecule has 1 atom stereocenters. The summed E-state index contributed by atoms with van der Waals surface area (Å²) in [5, 5.41) is 6.45. The molecule has 1 aliphatic rings. The predicted octanol–water partition coefficient (Wildman–Crippen LogP) is 4.40. The SMILES string of the molecule is Cc1ccc(NC(=O)[C@@H]2CC(=O)Nc3nc(SCc4cccc(Cl)c4)[nH]c(=O)c32)c(C)c1. The lowest BCUT2D eigenvalue weighted by Gasteiger charge is -2.24. The molecule has 0 spiro atoms. The number of thioether (sulfide) groups is 1. The Labute approximate surface area is 194 Å². The largest absolute Gasteiger partial charge is 0.325 e. The molecule has 0 radical (unpaired) electrons. The van der Waals surface area contributed by atoms with Gasteiger partial charge in [0.15, 0.2) is 5.16 Å². The standard InChI is InChI=1S/C23H21ClN4O3S/c1-12-6-7-17(13(2)8-12)25-21(30)16-10-18(29)26-20-19(16)22(31)28-23(27-20)32-11-14-4-3-5-15(24)9-14/h3-9,16H,10-11H2,1-2H3,(H,25,30)(H2,26,27,28,29,31)/t16-/m1/s1. The van der Waals surface area contributed by atoms with Crippen LogP contribution in [0.2, 0.25) is 5.02 Å². The van der Waals surface area contributed by atoms with E-state index in [2.05, 4.69) is 20.6 Å². The summed E-state index contributed by atoms with van der Waals surface area (Å²) < 4.78 is 0. The van der Waals surface area contributed by atoms with Crippen LogP contribution in [0.5, 0.6) is 0 Å². The molecule has 7 nitrogen and oxygen atoms in total. The lowest BCUT2D eigenvalue weighted by Crippen LogP contribution is -2.36. The van der Waals surface area contributed by atoms with Crippen LogP contribution in [0.3, 0.4) is 0 Å². The highest BCUT2D eigenvalue weighted by Gasteiger charge is 2.35. The fraction of sp³-hybridized carbons (Fsp3) is 0.217. The van der Waals surface area contributed by atoms with Crippen molar-refractivity contribution in [3.05, 3.63) is 80.1 Å². The van der Waals surface area contributed by atoms with Gasteiger partial charge in [0.2, 0.25) is 11.8 Å². The summed E-state index contributed by atoms with van der Waals surface area (Å²) >= 11 is 7.32. The van der Waals surface area contributed by atoms with Crippen molar-refractivity contribution in [2.24, 2.45) is 0 Å². The number of aryl methyl sites for hydroxylation is 2. The highest BCUT2D eigenvalue weighted by atomic mass is 35.5. The van der Waals surface area contributed by atoms with Gasteiger partial charge in [-0.1, -0.05) is 53.2 Å². The summed E-state index contributed by atoms with van der Waals surface area (Å²) in [6, 6.07) is 13.0. The molecular formula is C23H21ClN4O3S. The number of aromatic nitrogens is 2. The molecule has 2 amide bonds. The van der Waals surface area contributed by atoms with E-state index in [0.717, 1.165) is 16.7 Å². The number of halogens is 1. The van der Waals surface area contributed by atoms with Gasteiger partial charge in [0.05, 0.1) is 11.5 Å². The maximum Gasteiger partial charge on any atom is 0.257 e. The lowest BCUT2D eigenvalue weighted by atomic mass is 9.92. The van der Waals surface area contributed by atoms with Gasteiger partial charge in [-0.2, -0.15) is 0 Å². The number of anilines is 2. The number of amides is 2. The van der Waals surface area contributed by atoms with Gasteiger partial charge < -0.3 is 15.6 Å². The smallest absolute Gasteiger partial charge is 0.257 e. The molecule has 0 unspecified atom stereocenters. The van der Waals surface area contributed by atoms with Crippen LogP contribution in [-0.4, -0.2) is 21.8 Å². The van der Waals surface area contributed by atoms with Crippen molar-refractivity contribution in [1.82, 2.24) is 9.97 Å². The van der Waals surface area contributed by atoms with Gasteiger partial charge in [-0.3, -0.25) is 14.4 Å². The Morgan fingerprint density at radius 1 is 1.22 bits per heavy atom. The van der Waals surface area contributed by atoms with E-state index >= 15 is 0 Å². The van der Waals surface area contributed by atoms with Gasteiger partial charge in [-0.05, 0) is 43.2 Å². The first-order valence-corrected chi connectivity index (χ1v) is 11.4. The van der Waals surface area contributed by atoms with Crippen LogP contribution in [0.15, 0.2) is 52.4 Å². The van der Waals surface area contributed by atoms with Gasteiger partial charge in [-0.15, -0.1) is 0 Å². The van der Waals surface area contributed by atoms with Crippen LogP contribution in [0, 0.1) is 13.8 Å². The Hall–Kier alpha value is -3.10. The number of hydrogen-bond donors (Lipinski definition) is 3. The van der Waals surface area contributed by atoms with Crippen molar-refractivity contribution in [3.8, 4) is 0 Å². The number of aromatic amines is 1. The molecule has 164 valence electrons. The summed E-state index contributed by atoms with van der Waals surface area (Å²) in [5.41, 5.74) is 3.32. The van der Waals surface area contributed by atoms with Gasteiger partial charge in [0, 0.05) is 22.9 Å². The number of rotatable bonds is 5. The van der Waals surface area contributed by atoms with Crippen molar-refractivity contribution >= 4 is 46.7 Å². The number of nitrogens with zero attached hydrogens (tertiary/aromatic N) is 1. The van der Waals surface area contributed by atoms with Crippen LogP contribution < -0.4 is 16.2 Å². The molecule has 0 aliphatic carbocycles. The first-order chi connectivity index (χ1) is 15.3. The van der Waals surface area contributed by atoms with E-state index in [9.17, 15) is 14.4 Å². The topological polar surface area (TPSA) is 104 Å². The average molecular weight is 469 g/mol. The van der Waals surface area contributed by atoms with Crippen LogP contribution in [0.1, 0.15) is 34.6 Å². The normalized spacial score (nSPS) is 15.1. The van der Waals surface area contributed by atoms with Crippen LogP contribution in [-0.2, 0) is 15.3 Å². The van der Waals surface area contributed by atoms with E-state index in [0.29, 0.717) is 21.6 Å². The van der Waals surface area contributed by atoms with Gasteiger partial charge in [0.1, 0.15) is 5.82 Å². The average Bonchev–Trinajstić information content (AvgIpc) is 2.73. The number of benzene rings is 2. The minimum atomic E-state index is -0.928. The Bertz CT molecular complexity index is 1270. The molecule has 0 saturated carbocycles. The fourth-order valence-electron chi connectivity index (χ4n) is 3.60. The van der Waals surface area contributed by atoms with Crippen LogP contribution >= 0.6 is 23.4 Å². The Kier molecular flexibility index (Phi) is 6.34. The van der Waals surface area contributed by atoms with E-state index in [4.69, 9.17) is 11.6 Å². The van der Waals surface area contributed by atoms with Crippen molar-refractivity contribution in [2.45, 2.75) is 37.1 Å². The molecule has 3 aromatic rings. The minimum Gasteiger partial charge on any atom is -0.325 e. The number of carbonyl (C=O) groups is 2. The van der Waals surface area contributed by atoms with E-state index < -0.39 is 17.4 Å². The number of carbonyl (C=O) groups excluding carboxylic acids is 2. The maximum absolute atomic E-state index is 13.0. The first-order valence-electron chi connectivity index (χ1n) is 9.99. The number of fused-ring (bicyclic) bond motifs is 1. The second kappa shape index (κ2) is 9.18. The zero-order chi connectivity index (χ0) is 22.8. The molecule has 2 aromatic carbocycles. The number of hydrogen-bond acceptors (Lipinski definition) is 5. The van der Waals surface area contributed by atoms with E-state index in [1.54, 1.807) is 6.07 Å². The molecule has 3 N–H and O–H groups in total. The molecule has 0 bridgehead atoms. The molecule has 4 rings (SSSR count). The second-order valence-corrected chi connectivity index (χ2v) is 9.06. The minimum absolute atomic E-state index is 0.122. The summed E-state index contributed by atoms with van der Waals surface area (Å²) in [4.78, 5) is 45.3. The third kappa shape index (κ3) is 4.87. The van der Waals surface area contributed by atoms with Crippen LogP contribution in [0.4, 0.5) is 11.5 Å². The zero-order valence-electron chi connectivity index (χ0n) is 17.5. The van der Waals surface area contributed by atoms with Crippen molar-refractivity contribution in [1.29, 1.82) is 0 Å². The lowest BCUT2D eigenvalue weighted by molar-refractivity contribution is -0.123. The molecule has 1 aliphatic heterocycles. The van der Waals surface area contributed by atoms with Crippen molar-refractivity contribution in [2.75, 3.05) is 10.6 Å². The second-order valence-electron chi connectivity index (χ2n) is 7.66. The van der Waals surface area contributed by atoms with Gasteiger partial charge in [0.25, 0.3) is 5.56 Å². The molecule has 32 heavy (non-hydrogen) atoms. The van der Waals surface area contributed by atoms with Gasteiger partial charge in [-0.25, -0.2) is 4.98 Å². The first kappa shape index (κ1) is 22.1. The number of nitrogens with one attached hydrogen (secondary N) is 3. The highest BCUT2D eigenvalue weighted by molar-refractivity contribution is 7.98. The quantitative estimate of drug-likeness (QED) is 0.380. The van der Waals surface area contributed by atoms with Crippen molar-refractivity contribution < 1.29 is 9.59 Å². The van der Waals surface area contributed by atoms with E-state index in [1.807, 2.05) is 50.2 Å².